The van der Waals surface area contributed by atoms with Crippen molar-refractivity contribution in [1.82, 2.24) is 15.1 Å². The molecule has 0 aromatic heterocycles. The zero-order valence-electron chi connectivity index (χ0n) is 12.3. The standard InChI is InChI=1S/C13H27N3O3/c1-11(12(14-2)13(17)18)10-16-6-4-15(5-7-16)8-9-19-3/h11-12,14H,4-10H2,1-3H3,(H,17,18)/t11-,12+/m1/s1. The highest BCUT2D eigenvalue weighted by Crippen LogP contribution is 2.09. The first kappa shape index (κ1) is 16.4. The molecule has 1 rings (SSSR count). The van der Waals surface area contributed by atoms with E-state index in [4.69, 9.17) is 9.84 Å². The maximum absolute atomic E-state index is 11.1. The molecule has 0 bridgehead atoms. The zero-order chi connectivity index (χ0) is 14.3. The van der Waals surface area contributed by atoms with Crippen LogP contribution in [0.25, 0.3) is 0 Å². The summed E-state index contributed by atoms with van der Waals surface area (Å²) in [5.41, 5.74) is 0. The first-order chi connectivity index (χ1) is 9.08. The summed E-state index contributed by atoms with van der Waals surface area (Å²) < 4.78 is 5.08. The molecule has 1 saturated heterocycles. The second kappa shape index (κ2) is 8.47. The third-order valence-corrected chi connectivity index (χ3v) is 3.77. The molecule has 1 aliphatic rings. The van der Waals surface area contributed by atoms with Crippen LogP contribution in [0.2, 0.25) is 0 Å². The van der Waals surface area contributed by atoms with Crippen molar-refractivity contribution in [3.63, 3.8) is 0 Å². The van der Waals surface area contributed by atoms with Gasteiger partial charge in [0.1, 0.15) is 6.04 Å². The number of rotatable bonds is 8. The Morgan fingerprint density at radius 1 is 1.32 bits per heavy atom. The number of carboxylic acids is 1. The van der Waals surface area contributed by atoms with Gasteiger partial charge in [-0.25, -0.2) is 0 Å². The number of carboxylic acid groups (broad SMARTS) is 1. The highest BCUT2D eigenvalue weighted by molar-refractivity contribution is 5.73. The summed E-state index contributed by atoms with van der Waals surface area (Å²) in [6.07, 6.45) is 0. The van der Waals surface area contributed by atoms with Gasteiger partial charge in [0.25, 0.3) is 0 Å². The van der Waals surface area contributed by atoms with Gasteiger partial charge >= 0.3 is 5.97 Å². The number of nitrogens with zero attached hydrogens (tertiary/aromatic N) is 2. The predicted molar refractivity (Wildman–Crippen MR) is 74.4 cm³/mol. The van der Waals surface area contributed by atoms with Crippen LogP contribution in [0.3, 0.4) is 0 Å². The predicted octanol–water partition coefficient (Wildman–Crippen LogP) is -0.441. The maximum atomic E-state index is 11.1. The second-order valence-electron chi connectivity index (χ2n) is 5.22. The molecule has 2 N–H and O–H groups in total. The highest BCUT2D eigenvalue weighted by atomic mass is 16.5. The Bertz CT molecular complexity index is 268. The zero-order valence-corrected chi connectivity index (χ0v) is 12.3. The Balaban J connectivity index is 2.30. The van der Waals surface area contributed by atoms with E-state index in [2.05, 4.69) is 15.1 Å². The van der Waals surface area contributed by atoms with Crippen molar-refractivity contribution < 1.29 is 14.6 Å². The topological polar surface area (TPSA) is 65.0 Å². The lowest BCUT2D eigenvalue weighted by Gasteiger charge is -2.36. The van der Waals surface area contributed by atoms with Crippen molar-refractivity contribution in [3.8, 4) is 0 Å². The number of methoxy groups -OCH3 is 1. The summed E-state index contributed by atoms with van der Waals surface area (Å²) >= 11 is 0. The van der Waals surface area contributed by atoms with Crippen LogP contribution in [0, 0.1) is 5.92 Å². The van der Waals surface area contributed by atoms with Crippen LogP contribution in [-0.4, -0.2) is 87.0 Å². The first-order valence-corrected chi connectivity index (χ1v) is 6.92. The Kier molecular flexibility index (Phi) is 7.30. The van der Waals surface area contributed by atoms with Crippen LogP contribution >= 0.6 is 0 Å². The molecule has 6 nitrogen and oxygen atoms in total. The lowest BCUT2D eigenvalue weighted by molar-refractivity contribution is -0.140. The van der Waals surface area contributed by atoms with E-state index in [1.165, 1.54) is 0 Å². The number of carbonyl (C=O) groups is 1. The number of ether oxygens (including phenoxy) is 1. The molecular formula is C13H27N3O3. The largest absolute Gasteiger partial charge is 0.480 e. The number of likely N-dealkylation sites (N-methyl/N-ethyl adjacent to an activating group) is 1. The van der Waals surface area contributed by atoms with Crippen LogP contribution in [-0.2, 0) is 9.53 Å². The van der Waals surface area contributed by atoms with Gasteiger partial charge in [-0.15, -0.1) is 0 Å². The van der Waals surface area contributed by atoms with Gasteiger partial charge < -0.3 is 20.1 Å². The van der Waals surface area contributed by atoms with Gasteiger partial charge in [-0.05, 0) is 13.0 Å². The second-order valence-corrected chi connectivity index (χ2v) is 5.22. The molecule has 0 amide bonds. The van der Waals surface area contributed by atoms with Crippen LogP contribution in [0.15, 0.2) is 0 Å². The molecule has 1 fully saturated rings. The molecular weight excluding hydrogens is 246 g/mol. The lowest BCUT2D eigenvalue weighted by Crippen LogP contribution is -2.51. The van der Waals surface area contributed by atoms with Gasteiger partial charge in [0, 0.05) is 46.4 Å². The minimum atomic E-state index is -0.770. The molecule has 0 spiro atoms. The lowest BCUT2D eigenvalue weighted by atomic mass is 10.0. The molecule has 0 aliphatic carbocycles. The highest BCUT2D eigenvalue weighted by Gasteiger charge is 2.26. The van der Waals surface area contributed by atoms with E-state index in [-0.39, 0.29) is 5.92 Å². The molecule has 0 aromatic carbocycles. The molecule has 0 aromatic rings. The van der Waals surface area contributed by atoms with Gasteiger partial charge in [-0.1, -0.05) is 6.92 Å². The average molecular weight is 273 g/mol. The molecule has 0 radical (unpaired) electrons. The quantitative estimate of drug-likeness (QED) is 0.625. The van der Waals surface area contributed by atoms with E-state index < -0.39 is 12.0 Å². The minimum absolute atomic E-state index is 0.105. The summed E-state index contributed by atoms with van der Waals surface area (Å²) in [5.74, 6) is -0.665. The number of aliphatic carboxylic acids is 1. The Labute approximate surface area is 115 Å². The van der Waals surface area contributed by atoms with E-state index in [0.717, 1.165) is 45.9 Å². The normalized spacial score (nSPS) is 21.2. The number of hydrogen-bond acceptors (Lipinski definition) is 5. The van der Waals surface area contributed by atoms with E-state index >= 15 is 0 Å². The van der Waals surface area contributed by atoms with Gasteiger partial charge in [0.05, 0.1) is 6.61 Å². The summed E-state index contributed by atoms with van der Waals surface area (Å²) in [7, 11) is 3.43. The molecule has 1 heterocycles. The van der Waals surface area contributed by atoms with Crippen LogP contribution in [0.1, 0.15) is 6.92 Å². The summed E-state index contributed by atoms with van der Waals surface area (Å²) in [4.78, 5) is 15.8. The average Bonchev–Trinajstić information content (AvgIpc) is 2.38. The third kappa shape index (κ3) is 5.44. The van der Waals surface area contributed by atoms with Gasteiger partial charge in [-0.3, -0.25) is 9.69 Å². The fourth-order valence-electron chi connectivity index (χ4n) is 2.58. The smallest absolute Gasteiger partial charge is 0.321 e. The Hall–Kier alpha value is -0.690. The molecule has 19 heavy (non-hydrogen) atoms. The summed E-state index contributed by atoms with van der Waals surface area (Å²) in [5, 5.41) is 12.0. The minimum Gasteiger partial charge on any atom is -0.480 e. The fraction of sp³-hybridized carbons (Fsp3) is 0.923. The molecule has 2 atom stereocenters. The van der Waals surface area contributed by atoms with Gasteiger partial charge in [0.2, 0.25) is 0 Å². The molecule has 112 valence electrons. The SMILES string of the molecule is CN[C@H](C(=O)O)[C@H](C)CN1CCN(CCOC)CC1. The van der Waals surface area contributed by atoms with Crippen LogP contribution in [0.4, 0.5) is 0 Å². The third-order valence-electron chi connectivity index (χ3n) is 3.77. The van der Waals surface area contributed by atoms with E-state index in [1.54, 1.807) is 14.2 Å². The van der Waals surface area contributed by atoms with Crippen molar-refractivity contribution in [1.29, 1.82) is 0 Å². The van der Waals surface area contributed by atoms with Crippen LogP contribution in [0.5, 0.6) is 0 Å². The molecule has 0 unspecified atom stereocenters. The van der Waals surface area contributed by atoms with Crippen molar-refractivity contribution in [2.75, 3.05) is 60.0 Å². The molecule has 0 saturated carbocycles. The van der Waals surface area contributed by atoms with Gasteiger partial charge in [-0.2, -0.15) is 0 Å². The Morgan fingerprint density at radius 2 is 1.89 bits per heavy atom. The number of piperazine rings is 1. The van der Waals surface area contributed by atoms with E-state index in [1.807, 2.05) is 6.92 Å². The first-order valence-electron chi connectivity index (χ1n) is 6.92. The summed E-state index contributed by atoms with van der Waals surface area (Å²) in [6.45, 7) is 8.66. The van der Waals surface area contributed by atoms with Crippen molar-refractivity contribution in [3.05, 3.63) is 0 Å². The number of nitrogens with one attached hydrogen (secondary N) is 1. The monoisotopic (exact) mass is 273 g/mol. The van der Waals surface area contributed by atoms with Crippen LogP contribution < -0.4 is 5.32 Å². The van der Waals surface area contributed by atoms with E-state index in [9.17, 15) is 4.79 Å². The Morgan fingerprint density at radius 3 is 2.37 bits per heavy atom. The van der Waals surface area contributed by atoms with Crippen molar-refractivity contribution in [2.45, 2.75) is 13.0 Å². The maximum Gasteiger partial charge on any atom is 0.321 e. The van der Waals surface area contributed by atoms with Crippen molar-refractivity contribution in [2.24, 2.45) is 5.92 Å². The summed E-state index contributed by atoms with van der Waals surface area (Å²) in [6, 6.07) is -0.466. The fourth-order valence-corrected chi connectivity index (χ4v) is 2.58. The molecule has 6 heteroatoms. The molecule has 1 aliphatic heterocycles. The van der Waals surface area contributed by atoms with E-state index in [0.29, 0.717) is 0 Å². The number of hydrogen-bond donors (Lipinski definition) is 2. The van der Waals surface area contributed by atoms with Crippen molar-refractivity contribution >= 4 is 5.97 Å². The van der Waals surface area contributed by atoms with Gasteiger partial charge in [0.15, 0.2) is 0 Å².